The molecular weight excluding hydrogens is 184 g/mol. The minimum atomic E-state index is -2.54. The van der Waals surface area contributed by atoms with Gasteiger partial charge in [0.25, 0.3) is 0 Å². The number of nitrogens with zero attached hydrogens (tertiary/aromatic N) is 1. The molecule has 0 aromatic heterocycles. The van der Waals surface area contributed by atoms with Crippen LogP contribution in [-0.2, 0) is 9.53 Å². The molecule has 0 saturated carbocycles. The Kier molecular flexibility index (Phi) is 1.76. The number of hydrogen-bond acceptors (Lipinski definition) is 3. The van der Waals surface area contributed by atoms with Gasteiger partial charge in [0.05, 0.1) is 6.54 Å². The van der Waals surface area contributed by atoms with Crippen LogP contribution in [0.4, 0.5) is 4.79 Å². The number of rotatable bonds is 1. The van der Waals surface area contributed by atoms with E-state index in [1.54, 1.807) is 20.8 Å². The summed E-state index contributed by atoms with van der Waals surface area (Å²) in [5, 5.41) is 2.29. The van der Waals surface area contributed by atoms with Crippen molar-refractivity contribution in [2.75, 3.05) is 13.5 Å². The Labute approximate surface area is 87.6 Å². The summed E-state index contributed by atoms with van der Waals surface area (Å²) in [4.78, 5) is 23.6. The van der Waals surface area contributed by atoms with Crippen LogP contribution >= 0.6 is 0 Å². The molecule has 1 N–H and O–H groups in total. The fourth-order valence-corrected chi connectivity index (χ4v) is 1.04. The lowest BCUT2D eigenvalue weighted by Crippen LogP contribution is -2.39. The summed E-state index contributed by atoms with van der Waals surface area (Å²) in [6.45, 7) is 2.35. The minimum Gasteiger partial charge on any atom is -0.458 e. The Balaban J connectivity index is 2.67. The van der Waals surface area contributed by atoms with Gasteiger partial charge in [-0.2, -0.15) is 0 Å². The van der Waals surface area contributed by atoms with E-state index in [2.05, 4.69) is 5.32 Å². The highest BCUT2D eigenvalue weighted by atomic mass is 16.6. The Morgan fingerprint density at radius 3 is 2.79 bits per heavy atom. The zero-order chi connectivity index (χ0) is 13.4. The first-order valence-corrected chi connectivity index (χ1v) is 4.32. The van der Waals surface area contributed by atoms with Crippen LogP contribution in [-0.4, -0.2) is 42.1 Å². The summed E-state index contributed by atoms with van der Waals surface area (Å²) in [7, 11) is 0. The van der Waals surface area contributed by atoms with E-state index in [1.165, 1.54) is 0 Å². The standard InChI is InChI=1S/C9H16N2O3/c1-9(2,3)14-7(12)6-5-11(4)8(13)10-6/h6H,5H2,1-4H3,(H,10,13)/t6-/m1/s1/i4D3. The average Bonchev–Trinajstić information content (AvgIpc) is 2.42. The molecule has 0 radical (unpaired) electrons. The van der Waals surface area contributed by atoms with E-state index in [1.807, 2.05) is 0 Å². The van der Waals surface area contributed by atoms with Crippen molar-refractivity contribution in [3.8, 4) is 0 Å². The molecule has 1 rings (SSSR count). The van der Waals surface area contributed by atoms with Crippen LogP contribution in [0.5, 0.6) is 0 Å². The first-order chi connectivity index (χ1) is 7.50. The molecule has 14 heavy (non-hydrogen) atoms. The smallest absolute Gasteiger partial charge is 0.331 e. The van der Waals surface area contributed by atoms with Crippen molar-refractivity contribution in [2.24, 2.45) is 0 Å². The van der Waals surface area contributed by atoms with Crippen molar-refractivity contribution in [3.05, 3.63) is 0 Å². The lowest BCUT2D eigenvalue weighted by molar-refractivity contribution is -0.156. The maximum atomic E-state index is 11.6. The molecular formula is C9H16N2O3. The highest BCUT2D eigenvalue weighted by molar-refractivity contribution is 5.87. The number of esters is 1. The number of urea groups is 1. The van der Waals surface area contributed by atoms with Gasteiger partial charge in [0.1, 0.15) is 11.6 Å². The van der Waals surface area contributed by atoms with Gasteiger partial charge in [0.2, 0.25) is 0 Å². The highest BCUT2D eigenvalue weighted by Crippen LogP contribution is 2.11. The summed E-state index contributed by atoms with van der Waals surface area (Å²) in [5.74, 6) is -0.627. The number of nitrogens with one attached hydrogen (secondary N) is 1. The molecule has 2 amide bonds. The van der Waals surface area contributed by atoms with Crippen molar-refractivity contribution < 1.29 is 18.4 Å². The fraction of sp³-hybridized carbons (Fsp3) is 0.778. The van der Waals surface area contributed by atoms with E-state index in [0.717, 1.165) is 0 Å². The van der Waals surface area contributed by atoms with Gasteiger partial charge < -0.3 is 15.0 Å². The van der Waals surface area contributed by atoms with Crippen molar-refractivity contribution in [1.82, 2.24) is 10.2 Å². The molecule has 0 aliphatic carbocycles. The van der Waals surface area contributed by atoms with E-state index in [4.69, 9.17) is 8.85 Å². The van der Waals surface area contributed by atoms with Crippen LogP contribution in [0.1, 0.15) is 24.9 Å². The topological polar surface area (TPSA) is 58.6 Å². The van der Waals surface area contributed by atoms with Crippen LogP contribution in [0.15, 0.2) is 0 Å². The lowest BCUT2D eigenvalue weighted by atomic mass is 10.2. The van der Waals surface area contributed by atoms with Crippen LogP contribution in [0.25, 0.3) is 0 Å². The molecule has 1 aliphatic heterocycles. The molecule has 5 heteroatoms. The zero-order valence-corrected chi connectivity index (χ0v) is 8.46. The summed E-state index contributed by atoms with van der Waals surface area (Å²) in [6.07, 6.45) is 0. The number of carbonyl (C=O) groups excluding carboxylic acids is 2. The Morgan fingerprint density at radius 1 is 1.71 bits per heavy atom. The molecule has 0 aromatic carbocycles. The molecule has 0 unspecified atom stereocenters. The molecule has 1 aliphatic rings. The molecule has 5 nitrogen and oxygen atoms in total. The number of ether oxygens (including phenoxy) is 1. The van der Waals surface area contributed by atoms with Gasteiger partial charge in [0, 0.05) is 11.1 Å². The predicted octanol–water partition coefficient (Wildman–Crippen LogP) is 0.352. The van der Waals surface area contributed by atoms with Gasteiger partial charge in [-0.25, -0.2) is 9.59 Å². The summed E-state index contributed by atoms with van der Waals surface area (Å²) in [6, 6.07) is -1.71. The van der Waals surface area contributed by atoms with Gasteiger partial charge in [0.15, 0.2) is 0 Å². The van der Waals surface area contributed by atoms with Crippen LogP contribution in [0, 0.1) is 0 Å². The molecule has 0 aromatic rings. The normalized spacial score (nSPS) is 26.2. The summed E-state index contributed by atoms with van der Waals surface area (Å²) in [5.41, 5.74) is -0.671. The SMILES string of the molecule is [2H]C([2H])([2H])N1C[C@H](C(=O)OC(C)(C)C)NC1=O. The Hall–Kier alpha value is -1.26. The van der Waals surface area contributed by atoms with E-state index in [0.29, 0.717) is 4.90 Å². The van der Waals surface area contributed by atoms with Gasteiger partial charge in [-0.15, -0.1) is 0 Å². The maximum Gasteiger partial charge on any atom is 0.331 e. The third kappa shape index (κ3) is 2.61. The van der Waals surface area contributed by atoms with Crippen molar-refractivity contribution in [1.29, 1.82) is 0 Å². The third-order valence-electron chi connectivity index (χ3n) is 1.60. The highest BCUT2D eigenvalue weighted by Gasteiger charge is 2.34. The number of likely N-dealkylation sites (N-methyl/N-ethyl adjacent to an activating group) is 1. The summed E-state index contributed by atoms with van der Waals surface area (Å²) >= 11 is 0. The Morgan fingerprint density at radius 2 is 2.36 bits per heavy atom. The predicted molar refractivity (Wildman–Crippen MR) is 50.8 cm³/mol. The first kappa shape index (κ1) is 7.09. The maximum absolute atomic E-state index is 11.6. The molecule has 80 valence electrons. The number of hydrogen-bond donors (Lipinski definition) is 1. The second-order valence-electron chi connectivity index (χ2n) is 4.15. The minimum absolute atomic E-state index is 0.204. The molecule has 1 fully saturated rings. The quantitative estimate of drug-likeness (QED) is 0.626. The number of carbonyl (C=O) groups is 2. The van der Waals surface area contributed by atoms with E-state index in [9.17, 15) is 9.59 Å². The average molecular weight is 203 g/mol. The molecule has 1 saturated heterocycles. The molecule has 0 bridgehead atoms. The largest absolute Gasteiger partial charge is 0.458 e. The second-order valence-corrected chi connectivity index (χ2v) is 4.15. The monoisotopic (exact) mass is 203 g/mol. The lowest BCUT2D eigenvalue weighted by Gasteiger charge is -2.21. The van der Waals surface area contributed by atoms with Crippen molar-refractivity contribution in [3.63, 3.8) is 0 Å². The summed E-state index contributed by atoms with van der Waals surface area (Å²) < 4.78 is 26.4. The molecule has 1 heterocycles. The van der Waals surface area contributed by atoms with Gasteiger partial charge in [-0.05, 0) is 20.8 Å². The van der Waals surface area contributed by atoms with Gasteiger partial charge in [-0.1, -0.05) is 0 Å². The molecule has 1 atom stereocenters. The van der Waals surface area contributed by atoms with E-state index < -0.39 is 30.6 Å². The first-order valence-electron chi connectivity index (χ1n) is 5.82. The van der Waals surface area contributed by atoms with Crippen LogP contribution in [0.3, 0.4) is 0 Å². The van der Waals surface area contributed by atoms with Gasteiger partial charge >= 0.3 is 12.0 Å². The van der Waals surface area contributed by atoms with Crippen LogP contribution < -0.4 is 5.32 Å². The van der Waals surface area contributed by atoms with E-state index >= 15 is 0 Å². The number of amides is 2. The zero-order valence-electron chi connectivity index (χ0n) is 11.5. The molecule has 0 spiro atoms. The fourth-order valence-electron chi connectivity index (χ4n) is 1.04. The van der Waals surface area contributed by atoms with Gasteiger partial charge in [-0.3, -0.25) is 0 Å². The van der Waals surface area contributed by atoms with Crippen molar-refractivity contribution >= 4 is 12.0 Å². The third-order valence-corrected chi connectivity index (χ3v) is 1.60. The Bertz CT molecular complexity index is 335. The van der Waals surface area contributed by atoms with Crippen LogP contribution in [0.2, 0.25) is 0 Å². The second kappa shape index (κ2) is 3.48. The van der Waals surface area contributed by atoms with Crippen molar-refractivity contribution in [2.45, 2.75) is 32.4 Å². The van der Waals surface area contributed by atoms with E-state index in [-0.39, 0.29) is 6.54 Å².